The standard InChI is InChI=1S/C16H12BrF2NO/c17-11-5-6-12(18)10(16(11)19)8-13(20)15-7-9-3-1-2-4-14(9)21-15/h1-7,13H,8,20H2. The topological polar surface area (TPSA) is 39.2 Å². The predicted molar refractivity (Wildman–Crippen MR) is 80.9 cm³/mol. The fourth-order valence-corrected chi connectivity index (χ4v) is 2.63. The summed E-state index contributed by atoms with van der Waals surface area (Å²) in [6.07, 6.45) is 0.0247. The van der Waals surface area contributed by atoms with Crippen LogP contribution in [0.1, 0.15) is 17.4 Å². The molecule has 3 rings (SSSR count). The van der Waals surface area contributed by atoms with E-state index in [-0.39, 0.29) is 16.5 Å². The SMILES string of the molecule is NC(Cc1c(F)ccc(Br)c1F)c1cc2ccccc2o1. The third-order valence-electron chi connectivity index (χ3n) is 3.37. The molecule has 2 aromatic carbocycles. The van der Waals surface area contributed by atoms with E-state index in [1.165, 1.54) is 12.1 Å². The highest BCUT2D eigenvalue weighted by Gasteiger charge is 2.19. The van der Waals surface area contributed by atoms with Gasteiger partial charge >= 0.3 is 0 Å². The average molecular weight is 352 g/mol. The van der Waals surface area contributed by atoms with Crippen molar-refractivity contribution in [3.63, 3.8) is 0 Å². The lowest BCUT2D eigenvalue weighted by molar-refractivity contribution is 0.475. The lowest BCUT2D eigenvalue weighted by atomic mass is 10.0. The molecule has 1 unspecified atom stereocenters. The van der Waals surface area contributed by atoms with Gasteiger partial charge in [-0.2, -0.15) is 0 Å². The Labute approximate surface area is 128 Å². The molecule has 1 heterocycles. The van der Waals surface area contributed by atoms with E-state index in [1.807, 2.05) is 24.3 Å². The summed E-state index contributed by atoms with van der Waals surface area (Å²) in [6, 6.07) is 11.2. The quantitative estimate of drug-likeness (QED) is 0.693. The zero-order valence-corrected chi connectivity index (χ0v) is 12.5. The summed E-state index contributed by atoms with van der Waals surface area (Å²) < 4.78 is 33.6. The Morgan fingerprint density at radius 2 is 1.90 bits per heavy atom. The maximum atomic E-state index is 14.0. The summed E-state index contributed by atoms with van der Waals surface area (Å²) in [5.74, 6) is -0.723. The van der Waals surface area contributed by atoms with Crippen LogP contribution in [0.15, 0.2) is 51.4 Å². The summed E-state index contributed by atoms with van der Waals surface area (Å²) in [5, 5.41) is 0.915. The minimum Gasteiger partial charge on any atom is -0.459 e. The van der Waals surface area contributed by atoms with Crippen molar-refractivity contribution < 1.29 is 13.2 Å². The molecular weight excluding hydrogens is 340 g/mol. The molecule has 0 saturated heterocycles. The fraction of sp³-hybridized carbons (Fsp3) is 0.125. The molecule has 0 saturated carbocycles. The highest BCUT2D eigenvalue weighted by Crippen LogP contribution is 2.28. The van der Waals surface area contributed by atoms with E-state index in [0.29, 0.717) is 11.3 Å². The van der Waals surface area contributed by atoms with Crippen LogP contribution >= 0.6 is 15.9 Å². The predicted octanol–water partition coefficient (Wildman–Crippen LogP) is 4.72. The van der Waals surface area contributed by atoms with Gasteiger partial charge in [0.25, 0.3) is 0 Å². The van der Waals surface area contributed by atoms with E-state index in [9.17, 15) is 8.78 Å². The summed E-state index contributed by atoms with van der Waals surface area (Å²) in [7, 11) is 0. The van der Waals surface area contributed by atoms with Gasteiger partial charge < -0.3 is 10.2 Å². The van der Waals surface area contributed by atoms with Gasteiger partial charge in [-0.15, -0.1) is 0 Å². The van der Waals surface area contributed by atoms with Crippen LogP contribution in [0.2, 0.25) is 0 Å². The average Bonchev–Trinajstić information content (AvgIpc) is 2.91. The first-order chi connectivity index (χ1) is 10.1. The number of para-hydroxylation sites is 1. The molecule has 2 nitrogen and oxygen atoms in total. The molecule has 0 radical (unpaired) electrons. The van der Waals surface area contributed by atoms with Gasteiger partial charge in [-0.1, -0.05) is 18.2 Å². The van der Waals surface area contributed by atoms with Crippen molar-refractivity contribution >= 4 is 26.9 Å². The molecule has 0 fully saturated rings. The van der Waals surface area contributed by atoms with Crippen LogP contribution in [0, 0.1) is 11.6 Å². The maximum absolute atomic E-state index is 14.0. The zero-order valence-electron chi connectivity index (χ0n) is 10.9. The van der Waals surface area contributed by atoms with Crippen LogP contribution in [0.25, 0.3) is 11.0 Å². The Hall–Kier alpha value is -1.72. The maximum Gasteiger partial charge on any atom is 0.143 e. The van der Waals surface area contributed by atoms with Crippen molar-refractivity contribution in [1.82, 2.24) is 0 Å². The van der Waals surface area contributed by atoms with Crippen LogP contribution in [0.4, 0.5) is 8.78 Å². The Morgan fingerprint density at radius 3 is 2.67 bits per heavy atom. The highest BCUT2D eigenvalue weighted by atomic mass is 79.9. The van der Waals surface area contributed by atoms with E-state index >= 15 is 0 Å². The van der Waals surface area contributed by atoms with Crippen molar-refractivity contribution in [2.24, 2.45) is 5.73 Å². The first kappa shape index (κ1) is 14.2. The number of halogens is 3. The van der Waals surface area contributed by atoms with Gasteiger partial charge in [0.1, 0.15) is 23.0 Å². The van der Waals surface area contributed by atoms with Gasteiger partial charge in [-0.25, -0.2) is 8.78 Å². The number of rotatable bonds is 3. The molecule has 3 aromatic rings. The molecule has 2 N–H and O–H groups in total. The molecule has 0 bridgehead atoms. The number of hydrogen-bond donors (Lipinski definition) is 1. The first-order valence-corrected chi connectivity index (χ1v) is 7.22. The van der Waals surface area contributed by atoms with Crippen molar-refractivity contribution in [2.45, 2.75) is 12.5 Å². The van der Waals surface area contributed by atoms with Crippen molar-refractivity contribution in [2.75, 3.05) is 0 Å². The Bertz CT molecular complexity index is 767. The molecular formula is C16H12BrF2NO. The van der Waals surface area contributed by atoms with Crippen molar-refractivity contribution in [1.29, 1.82) is 0 Å². The highest BCUT2D eigenvalue weighted by molar-refractivity contribution is 9.10. The second-order valence-electron chi connectivity index (χ2n) is 4.82. The van der Waals surface area contributed by atoms with Crippen molar-refractivity contribution in [3.8, 4) is 0 Å². The number of nitrogens with two attached hydrogens (primary N) is 1. The second-order valence-corrected chi connectivity index (χ2v) is 5.67. The summed E-state index contributed by atoms with van der Waals surface area (Å²) >= 11 is 3.05. The molecule has 0 amide bonds. The van der Waals surface area contributed by atoms with E-state index in [0.717, 1.165) is 5.39 Å². The normalized spacial score (nSPS) is 12.8. The van der Waals surface area contributed by atoms with Crippen molar-refractivity contribution in [3.05, 3.63) is 69.9 Å². The molecule has 21 heavy (non-hydrogen) atoms. The summed E-state index contributed by atoms with van der Waals surface area (Å²) in [6.45, 7) is 0. The third-order valence-corrected chi connectivity index (χ3v) is 3.99. The van der Waals surface area contributed by atoms with Crippen LogP contribution in [-0.2, 0) is 6.42 Å². The van der Waals surface area contributed by atoms with E-state index in [4.69, 9.17) is 10.2 Å². The smallest absolute Gasteiger partial charge is 0.143 e. The lowest BCUT2D eigenvalue weighted by Gasteiger charge is -2.11. The number of fused-ring (bicyclic) bond motifs is 1. The molecule has 1 aromatic heterocycles. The summed E-state index contributed by atoms with van der Waals surface area (Å²) in [5.41, 5.74) is 6.70. The first-order valence-electron chi connectivity index (χ1n) is 6.42. The van der Waals surface area contributed by atoms with Gasteiger partial charge in [0, 0.05) is 17.4 Å². The molecule has 5 heteroatoms. The summed E-state index contributed by atoms with van der Waals surface area (Å²) in [4.78, 5) is 0. The fourth-order valence-electron chi connectivity index (χ4n) is 2.26. The zero-order chi connectivity index (χ0) is 15.0. The van der Waals surface area contributed by atoms with Gasteiger partial charge in [0.05, 0.1) is 10.5 Å². The van der Waals surface area contributed by atoms with E-state index < -0.39 is 17.7 Å². The molecule has 0 spiro atoms. The Kier molecular flexibility index (Phi) is 3.78. The minimum absolute atomic E-state index is 0.0247. The monoisotopic (exact) mass is 351 g/mol. The largest absolute Gasteiger partial charge is 0.459 e. The number of furan rings is 1. The molecule has 108 valence electrons. The van der Waals surface area contributed by atoms with Crippen LogP contribution in [0.3, 0.4) is 0 Å². The van der Waals surface area contributed by atoms with E-state index in [2.05, 4.69) is 15.9 Å². The van der Waals surface area contributed by atoms with Crippen LogP contribution < -0.4 is 5.73 Å². The van der Waals surface area contributed by atoms with Crippen LogP contribution in [0.5, 0.6) is 0 Å². The molecule has 1 atom stereocenters. The van der Waals surface area contributed by atoms with Gasteiger partial charge in [0.15, 0.2) is 0 Å². The van der Waals surface area contributed by atoms with Gasteiger partial charge in [-0.3, -0.25) is 0 Å². The van der Waals surface area contributed by atoms with Gasteiger partial charge in [0.2, 0.25) is 0 Å². The third kappa shape index (κ3) is 2.71. The van der Waals surface area contributed by atoms with E-state index in [1.54, 1.807) is 6.07 Å². The molecule has 0 aliphatic rings. The Morgan fingerprint density at radius 1 is 1.14 bits per heavy atom. The lowest BCUT2D eigenvalue weighted by Crippen LogP contribution is -2.14. The Balaban J connectivity index is 1.93. The number of benzene rings is 2. The second kappa shape index (κ2) is 5.58. The number of hydrogen-bond acceptors (Lipinski definition) is 2. The minimum atomic E-state index is -0.624. The molecule has 0 aliphatic heterocycles. The van der Waals surface area contributed by atoms with Crippen LogP contribution in [-0.4, -0.2) is 0 Å². The van der Waals surface area contributed by atoms with Gasteiger partial charge in [-0.05, 0) is 40.2 Å². The molecule has 0 aliphatic carbocycles.